The van der Waals surface area contributed by atoms with Crippen LogP contribution >= 0.6 is 11.8 Å². The van der Waals surface area contributed by atoms with Crippen molar-refractivity contribution in [3.63, 3.8) is 0 Å². The van der Waals surface area contributed by atoms with Gasteiger partial charge in [-0.25, -0.2) is 0 Å². The zero-order chi connectivity index (χ0) is 22.8. The Morgan fingerprint density at radius 2 is 1.91 bits per heavy atom. The lowest BCUT2D eigenvalue weighted by Gasteiger charge is -2.20. The summed E-state index contributed by atoms with van der Waals surface area (Å²) in [6, 6.07) is 12.9. The summed E-state index contributed by atoms with van der Waals surface area (Å²) in [5, 5.41) is 13.3. The van der Waals surface area contributed by atoms with Crippen LogP contribution in [0.15, 0.2) is 47.4 Å². The highest BCUT2D eigenvalue weighted by Gasteiger charge is 2.31. The smallest absolute Gasteiger partial charge is 0.306 e. The monoisotopic (exact) mass is 450 g/mol. The van der Waals surface area contributed by atoms with Gasteiger partial charge in [-0.1, -0.05) is 6.92 Å². The highest BCUT2D eigenvalue weighted by molar-refractivity contribution is 7.98. The molecule has 1 atom stereocenters. The fraction of sp³-hybridized carbons (Fsp3) is 0.320. The Hall–Kier alpha value is -3.06. The first-order valence-electron chi connectivity index (χ1n) is 10.8. The van der Waals surface area contributed by atoms with Crippen LogP contribution in [-0.2, 0) is 22.4 Å². The third kappa shape index (κ3) is 4.17. The van der Waals surface area contributed by atoms with E-state index in [1.807, 2.05) is 25.3 Å². The van der Waals surface area contributed by atoms with E-state index in [0.717, 1.165) is 33.5 Å². The van der Waals surface area contributed by atoms with E-state index >= 15 is 0 Å². The van der Waals surface area contributed by atoms with E-state index in [2.05, 4.69) is 11.4 Å². The molecule has 0 bridgehead atoms. The number of amides is 1. The maximum Gasteiger partial charge on any atom is 0.306 e. The second-order valence-corrected chi connectivity index (χ2v) is 8.98. The number of carboxylic acid groups (broad SMARTS) is 1. The molecule has 0 radical (unpaired) electrons. The molecule has 0 fully saturated rings. The number of nitrogens with one attached hydrogen (secondary N) is 1. The largest absolute Gasteiger partial charge is 0.481 e. The van der Waals surface area contributed by atoms with E-state index in [1.54, 1.807) is 40.6 Å². The molecule has 1 heterocycles. The number of anilines is 1. The van der Waals surface area contributed by atoms with Gasteiger partial charge < -0.3 is 10.4 Å². The molecule has 1 unspecified atom stereocenters. The van der Waals surface area contributed by atoms with Gasteiger partial charge in [0.25, 0.3) is 5.91 Å². The number of fused-ring (bicyclic) bond motifs is 3. The highest BCUT2D eigenvalue weighted by atomic mass is 32.2. The lowest BCUT2D eigenvalue weighted by atomic mass is 9.86. The van der Waals surface area contributed by atoms with Crippen LogP contribution in [0.2, 0.25) is 0 Å². The third-order valence-electron chi connectivity index (χ3n) is 6.01. The molecular formula is C25H26N2O4S. The number of hydrogen-bond donors (Lipinski definition) is 2. The highest BCUT2D eigenvalue weighted by Crippen LogP contribution is 2.36. The number of carbonyl (C=O) groups is 3. The van der Waals surface area contributed by atoms with E-state index in [4.69, 9.17) is 0 Å². The van der Waals surface area contributed by atoms with Crippen LogP contribution in [0, 0.1) is 5.92 Å². The Kier molecular flexibility index (Phi) is 6.37. The predicted molar refractivity (Wildman–Crippen MR) is 127 cm³/mol. The molecule has 0 saturated heterocycles. The molecule has 7 heteroatoms. The van der Waals surface area contributed by atoms with Crippen LogP contribution in [0.25, 0.3) is 10.9 Å². The molecule has 4 rings (SSSR count). The van der Waals surface area contributed by atoms with Gasteiger partial charge in [-0.2, -0.15) is 0 Å². The minimum Gasteiger partial charge on any atom is -0.481 e. The maximum atomic E-state index is 13.6. The van der Waals surface area contributed by atoms with Gasteiger partial charge in [-0.3, -0.25) is 19.0 Å². The Labute approximate surface area is 191 Å². The molecule has 32 heavy (non-hydrogen) atoms. The van der Waals surface area contributed by atoms with Gasteiger partial charge in [0.15, 0.2) is 0 Å². The number of carbonyl (C=O) groups excluding carboxylic acids is 2. The van der Waals surface area contributed by atoms with Crippen LogP contribution in [-0.4, -0.2) is 33.7 Å². The zero-order valence-corrected chi connectivity index (χ0v) is 19.0. The zero-order valence-electron chi connectivity index (χ0n) is 18.2. The summed E-state index contributed by atoms with van der Waals surface area (Å²) in [5.74, 6) is -1.41. The number of benzene rings is 2. The van der Waals surface area contributed by atoms with Crippen molar-refractivity contribution in [2.24, 2.45) is 5.92 Å². The minimum atomic E-state index is -0.787. The fourth-order valence-electron chi connectivity index (χ4n) is 4.38. The van der Waals surface area contributed by atoms with Crippen LogP contribution in [0.1, 0.15) is 47.8 Å². The summed E-state index contributed by atoms with van der Waals surface area (Å²) in [6.45, 7) is 1.95. The van der Waals surface area contributed by atoms with Crippen molar-refractivity contribution in [1.82, 2.24) is 4.57 Å². The molecule has 0 saturated carbocycles. The average Bonchev–Trinajstić information content (AvgIpc) is 3.12. The number of thioether (sulfide) groups is 1. The van der Waals surface area contributed by atoms with Gasteiger partial charge in [0.1, 0.15) is 0 Å². The molecule has 1 aromatic heterocycles. The van der Waals surface area contributed by atoms with Crippen LogP contribution in [0.5, 0.6) is 0 Å². The second-order valence-electron chi connectivity index (χ2n) is 8.10. The average molecular weight is 451 g/mol. The van der Waals surface area contributed by atoms with Gasteiger partial charge in [-0.05, 0) is 80.0 Å². The molecule has 166 valence electrons. The molecule has 1 amide bonds. The number of hydrogen-bond acceptors (Lipinski definition) is 4. The third-order valence-corrected chi connectivity index (χ3v) is 6.74. The van der Waals surface area contributed by atoms with Crippen molar-refractivity contribution >= 4 is 46.1 Å². The Balaban J connectivity index is 1.73. The first kappa shape index (κ1) is 22.1. The van der Waals surface area contributed by atoms with Crippen LogP contribution in [0.3, 0.4) is 0 Å². The quantitative estimate of drug-likeness (QED) is 0.517. The fourth-order valence-corrected chi connectivity index (χ4v) is 4.82. The van der Waals surface area contributed by atoms with E-state index in [-0.39, 0.29) is 11.8 Å². The first-order chi connectivity index (χ1) is 15.4. The summed E-state index contributed by atoms with van der Waals surface area (Å²) in [7, 11) is 0. The van der Waals surface area contributed by atoms with Gasteiger partial charge in [0.05, 0.1) is 11.4 Å². The van der Waals surface area contributed by atoms with E-state index < -0.39 is 11.9 Å². The normalized spacial score (nSPS) is 15.4. The van der Waals surface area contributed by atoms with Gasteiger partial charge in [-0.15, -0.1) is 11.8 Å². The molecule has 1 aliphatic rings. The number of carboxylic acids is 1. The molecular weight excluding hydrogens is 424 g/mol. The topological polar surface area (TPSA) is 88.4 Å². The lowest BCUT2D eigenvalue weighted by molar-refractivity contribution is -0.142. The summed E-state index contributed by atoms with van der Waals surface area (Å²) >= 11 is 1.62. The van der Waals surface area contributed by atoms with Crippen molar-refractivity contribution in [2.75, 3.05) is 11.6 Å². The van der Waals surface area contributed by atoms with E-state index in [1.165, 1.54) is 0 Å². The van der Waals surface area contributed by atoms with Crippen molar-refractivity contribution in [1.29, 1.82) is 0 Å². The van der Waals surface area contributed by atoms with Gasteiger partial charge in [0, 0.05) is 33.6 Å². The summed E-state index contributed by atoms with van der Waals surface area (Å²) < 4.78 is 1.75. The summed E-state index contributed by atoms with van der Waals surface area (Å²) in [5.41, 5.74) is 3.86. The number of aliphatic carboxylic acids is 1. The maximum absolute atomic E-state index is 13.6. The first-order valence-corrected chi connectivity index (χ1v) is 12.0. The van der Waals surface area contributed by atoms with Gasteiger partial charge >= 0.3 is 5.97 Å². The Morgan fingerprint density at radius 1 is 1.16 bits per heavy atom. The Morgan fingerprint density at radius 3 is 2.56 bits per heavy atom. The van der Waals surface area contributed by atoms with Crippen LogP contribution < -0.4 is 5.32 Å². The van der Waals surface area contributed by atoms with Crippen molar-refractivity contribution in [3.05, 3.63) is 59.3 Å². The molecule has 6 nitrogen and oxygen atoms in total. The number of rotatable bonds is 6. The Bertz CT molecular complexity index is 1200. The molecule has 1 aliphatic carbocycles. The molecule has 2 aromatic carbocycles. The molecule has 3 aromatic rings. The van der Waals surface area contributed by atoms with E-state index in [0.29, 0.717) is 36.9 Å². The number of nitrogens with zero attached hydrogens (tertiary/aromatic N) is 1. The summed E-state index contributed by atoms with van der Waals surface area (Å²) in [4.78, 5) is 38.1. The minimum absolute atomic E-state index is 0.0466. The molecule has 2 N–H and O–H groups in total. The number of aromatic nitrogens is 1. The van der Waals surface area contributed by atoms with Crippen molar-refractivity contribution in [2.45, 2.75) is 43.9 Å². The second kappa shape index (κ2) is 9.20. The van der Waals surface area contributed by atoms with Crippen molar-refractivity contribution in [3.8, 4) is 0 Å². The summed E-state index contributed by atoms with van der Waals surface area (Å²) in [6.07, 6.45) is 4.72. The SMILES string of the molecule is CCCC(=O)Nc1ccc(C(=O)n2c3c(c4cc(SC)ccc42)CC(C(=O)O)CC3)cc1. The lowest BCUT2D eigenvalue weighted by Crippen LogP contribution is -2.24. The predicted octanol–water partition coefficient (Wildman–Crippen LogP) is 4.98. The van der Waals surface area contributed by atoms with Crippen molar-refractivity contribution < 1.29 is 19.5 Å². The van der Waals surface area contributed by atoms with E-state index in [9.17, 15) is 19.5 Å². The molecule has 0 spiro atoms. The van der Waals surface area contributed by atoms with Crippen LogP contribution in [0.4, 0.5) is 5.69 Å². The standard InChI is InChI=1S/C25H26N2O4S/c1-3-4-23(28)26-17-8-5-15(6-9-17)24(29)27-21-11-7-16(25(30)31)13-19(21)20-14-18(32-2)10-12-22(20)27/h5-6,8-10,12,14,16H,3-4,7,11,13H2,1-2H3,(H,26,28)(H,30,31). The van der Waals surface area contributed by atoms with Gasteiger partial charge in [0.2, 0.25) is 5.91 Å². The molecule has 0 aliphatic heterocycles.